The van der Waals surface area contributed by atoms with E-state index in [0.29, 0.717) is 11.8 Å². The third kappa shape index (κ3) is 3.35. The van der Waals surface area contributed by atoms with Crippen LogP contribution in [0.3, 0.4) is 0 Å². The number of hydrogen-bond acceptors (Lipinski definition) is 3. The fourth-order valence-corrected chi connectivity index (χ4v) is 5.03. The molecule has 2 nitrogen and oxygen atoms in total. The molecule has 0 aromatic heterocycles. The molecule has 155 valence electrons. The number of benzene rings is 3. The summed E-state index contributed by atoms with van der Waals surface area (Å²) in [5.41, 5.74) is 10.2. The van der Waals surface area contributed by atoms with Crippen LogP contribution in [0.15, 0.2) is 59.0 Å². The van der Waals surface area contributed by atoms with E-state index in [2.05, 4.69) is 93.1 Å². The van der Waals surface area contributed by atoms with Crippen LogP contribution in [0.5, 0.6) is 0 Å². The Morgan fingerprint density at radius 3 is 2.33 bits per heavy atom. The minimum Gasteiger partial charge on any atom is -0.486 e. The molecule has 0 aliphatic carbocycles. The van der Waals surface area contributed by atoms with Gasteiger partial charge >= 0.3 is 0 Å². The molecule has 0 saturated heterocycles. The van der Waals surface area contributed by atoms with Gasteiger partial charge in [-0.05, 0) is 40.2 Å². The Kier molecular flexibility index (Phi) is 5.94. The zero-order valence-corrected chi connectivity index (χ0v) is 20.8. The Labute approximate surface area is 197 Å². The van der Waals surface area contributed by atoms with Crippen molar-refractivity contribution >= 4 is 23.5 Å². The first-order valence-corrected chi connectivity index (χ1v) is 11.0. The molecule has 30 heavy (non-hydrogen) atoms. The molecule has 0 fully saturated rings. The van der Waals surface area contributed by atoms with Gasteiger partial charge in [0.2, 0.25) is 0 Å². The standard InChI is InChI=1S/C26H24N2S.Ir/c1-16(2)19-9-7-10-20(17(3)4)25(19)18-12-13-21-22-8-5-6-11-24(22)28-15-29-27-26(28)23(21)14-18;/h5-10,12-17H,1-4H3;/q-2;. The molecule has 0 unspecified atom stereocenters. The maximum Gasteiger partial charge on any atom is 0.114 e. The summed E-state index contributed by atoms with van der Waals surface area (Å²) < 4.78 is 4.73. The van der Waals surface area contributed by atoms with Crippen LogP contribution in [0.2, 0.25) is 0 Å². The van der Waals surface area contributed by atoms with E-state index in [4.69, 9.17) is 4.40 Å². The quantitative estimate of drug-likeness (QED) is 0.234. The largest absolute Gasteiger partial charge is 0.486 e. The number of rotatable bonds is 3. The summed E-state index contributed by atoms with van der Waals surface area (Å²) in [6.07, 6.45) is 0. The second kappa shape index (κ2) is 8.34. The molecule has 3 aromatic rings. The summed E-state index contributed by atoms with van der Waals surface area (Å²) in [4.78, 5) is 2.17. The third-order valence-electron chi connectivity index (χ3n) is 5.81. The van der Waals surface area contributed by atoms with Crippen LogP contribution in [0.1, 0.15) is 56.2 Å². The SMILES string of the molecule is CC(C)c1cccc(C(C)C)c1-c1ccc2c(c1)C1=NS[CH-]N1c1[c-]cccc1-2.[Ir]. The van der Waals surface area contributed by atoms with Crippen molar-refractivity contribution in [3.05, 3.63) is 83.2 Å². The summed E-state index contributed by atoms with van der Waals surface area (Å²) in [6.45, 7) is 9.12. The molecule has 2 aliphatic rings. The Morgan fingerprint density at radius 2 is 1.63 bits per heavy atom. The second-order valence-electron chi connectivity index (χ2n) is 8.31. The van der Waals surface area contributed by atoms with Crippen molar-refractivity contribution in [2.75, 3.05) is 4.90 Å². The van der Waals surface area contributed by atoms with Gasteiger partial charge in [-0.2, -0.15) is 42.1 Å². The molecule has 2 heterocycles. The van der Waals surface area contributed by atoms with Crippen LogP contribution in [-0.4, -0.2) is 5.84 Å². The number of hydrogen-bond donors (Lipinski definition) is 0. The van der Waals surface area contributed by atoms with Gasteiger partial charge in [0.25, 0.3) is 0 Å². The molecular weight excluding hydrogens is 565 g/mol. The normalized spacial score (nSPS) is 14.2. The summed E-state index contributed by atoms with van der Waals surface area (Å²) in [5, 5.41) is 0. The van der Waals surface area contributed by atoms with Gasteiger partial charge in [0.05, 0.1) is 0 Å². The van der Waals surface area contributed by atoms with E-state index in [9.17, 15) is 0 Å². The number of amidine groups is 1. The fourth-order valence-electron chi connectivity index (χ4n) is 4.40. The van der Waals surface area contributed by atoms with E-state index in [-0.39, 0.29) is 20.1 Å². The summed E-state index contributed by atoms with van der Waals surface area (Å²) in [6, 6.07) is 23.3. The van der Waals surface area contributed by atoms with E-state index < -0.39 is 0 Å². The number of para-hydroxylation sites is 1. The Hall–Kier alpha value is -1.87. The van der Waals surface area contributed by atoms with Crippen molar-refractivity contribution in [3.8, 4) is 22.3 Å². The molecule has 0 bridgehead atoms. The molecule has 0 amide bonds. The molecule has 3 aromatic carbocycles. The molecule has 0 saturated carbocycles. The summed E-state index contributed by atoms with van der Waals surface area (Å²) in [7, 11) is 0. The first-order valence-electron chi connectivity index (χ1n) is 10.2. The van der Waals surface area contributed by atoms with Crippen LogP contribution < -0.4 is 4.90 Å². The maximum atomic E-state index is 4.73. The zero-order chi connectivity index (χ0) is 20.1. The molecule has 1 radical (unpaired) electrons. The number of nitrogens with zero attached hydrogens (tertiary/aromatic N) is 2. The topological polar surface area (TPSA) is 15.6 Å². The minimum absolute atomic E-state index is 0. The second-order valence-corrected chi connectivity index (χ2v) is 8.91. The van der Waals surface area contributed by atoms with Gasteiger partial charge in [-0.3, -0.25) is 0 Å². The van der Waals surface area contributed by atoms with Gasteiger partial charge in [-0.1, -0.05) is 69.3 Å². The van der Waals surface area contributed by atoms with Gasteiger partial charge in [0.15, 0.2) is 0 Å². The predicted molar refractivity (Wildman–Crippen MR) is 125 cm³/mol. The van der Waals surface area contributed by atoms with E-state index in [1.807, 2.05) is 6.07 Å². The smallest absolute Gasteiger partial charge is 0.114 e. The van der Waals surface area contributed by atoms with Crippen molar-refractivity contribution in [3.63, 3.8) is 0 Å². The summed E-state index contributed by atoms with van der Waals surface area (Å²) in [5.74, 6) is 4.02. The first kappa shape index (κ1) is 21.4. The summed E-state index contributed by atoms with van der Waals surface area (Å²) >= 11 is 1.49. The van der Waals surface area contributed by atoms with Gasteiger partial charge < -0.3 is 4.90 Å². The van der Waals surface area contributed by atoms with Crippen LogP contribution >= 0.6 is 11.9 Å². The van der Waals surface area contributed by atoms with Gasteiger partial charge in [0, 0.05) is 25.7 Å². The van der Waals surface area contributed by atoms with Gasteiger partial charge in [0.1, 0.15) is 5.84 Å². The van der Waals surface area contributed by atoms with Crippen molar-refractivity contribution in [1.82, 2.24) is 0 Å². The molecule has 4 heteroatoms. The molecule has 0 atom stereocenters. The zero-order valence-electron chi connectivity index (χ0n) is 17.6. The minimum atomic E-state index is 0. The Bertz CT molecular complexity index is 1110. The van der Waals surface area contributed by atoms with E-state index in [0.717, 1.165) is 11.5 Å². The molecule has 0 spiro atoms. The van der Waals surface area contributed by atoms with Crippen LogP contribution in [0.4, 0.5) is 5.69 Å². The van der Waals surface area contributed by atoms with Crippen LogP contribution in [-0.2, 0) is 20.1 Å². The fraction of sp³-hybridized carbons (Fsp3) is 0.231. The molecule has 2 aliphatic heterocycles. The van der Waals surface area contributed by atoms with Crippen molar-refractivity contribution < 1.29 is 20.1 Å². The molecular formula is C26H24IrN2S-2. The molecule has 5 rings (SSSR count). The monoisotopic (exact) mass is 589 g/mol. The maximum absolute atomic E-state index is 4.73. The Morgan fingerprint density at radius 1 is 0.900 bits per heavy atom. The van der Waals surface area contributed by atoms with E-state index in [1.165, 1.54) is 50.9 Å². The van der Waals surface area contributed by atoms with E-state index >= 15 is 0 Å². The number of anilines is 1. The third-order valence-corrected chi connectivity index (χ3v) is 6.39. The van der Waals surface area contributed by atoms with Crippen molar-refractivity contribution in [2.45, 2.75) is 39.5 Å². The molecule has 0 N–H and O–H groups in total. The van der Waals surface area contributed by atoms with E-state index in [1.54, 1.807) is 0 Å². The van der Waals surface area contributed by atoms with Crippen molar-refractivity contribution in [2.24, 2.45) is 4.40 Å². The average molecular weight is 589 g/mol. The van der Waals surface area contributed by atoms with Crippen molar-refractivity contribution in [1.29, 1.82) is 0 Å². The average Bonchev–Trinajstić information content (AvgIpc) is 3.23. The van der Waals surface area contributed by atoms with Crippen LogP contribution in [0.25, 0.3) is 22.3 Å². The first-order chi connectivity index (χ1) is 14.1. The van der Waals surface area contributed by atoms with Gasteiger partial charge in [-0.25, -0.2) is 4.40 Å². The predicted octanol–water partition coefficient (Wildman–Crippen LogP) is 7.41. The van der Waals surface area contributed by atoms with Gasteiger partial charge in [-0.15, -0.1) is 5.56 Å². The van der Waals surface area contributed by atoms with Crippen LogP contribution in [0, 0.1) is 11.9 Å². The number of fused-ring (bicyclic) bond motifs is 6. The Balaban J connectivity index is 0.00000218.